The number of nitrogens with zero attached hydrogens (tertiary/aromatic N) is 1. The highest BCUT2D eigenvalue weighted by Gasteiger charge is 2.24. The van der Waals surface area contributed by atoms with Crippen molar-refractivity contribution in [1.82, 2.24) is 10.3 Å². The molecule has 1 aliphatic carbocycles. The van der Waals surface area contributed by atoms with Gasteiger partial charge in [-0.15, -0.1) is 0 Å². The normalized spacial score (nSPS) is 16.0. The van der Waals surface area contributed by atoms with Gasteiger partial charge in [-0.2, -0.15) is 0 Å². The third kappa shape index (κ3) is 4.71. The number of hydrogen-bond acceptors (Lipinski definition) is 4. The monoisotopic (exact) mass is 437 g/mol. The molecular weight excluding hydrogens is 410 g/mol. The van der Waals surface area contributed by atoms with E-state index < -0.39 is 10.0 Å². The Balaban J connectivity index is 1.59. The van der Waals surface area contributed by atoms with E-state index in [2.05, 4.69) is 15.0 Å². The lowest BCUT2D eigenvalue weighted by molar-refractivity contribution is 0.0920. The first-order chi connectivity index (χ1) is 15.0. The topological polar surface area (TPSA) is 88.2 Å². The fourth-order valence-electron chi connectivity index (χ4n) is 4.30. The van der Waals surface area contributed by atoms with Gasteiger partial charge in [0.2, 0.25) is 0 Å². The summed E-state index contributed by atoms with van der Waals surface area (Å²) in [5, 5.41) is 3.81. The molecule has 1 amide bonds. The van der Waals surface area contributed by atoms with Crippen LogP contribution < -0.4 is 10.0 Å². The molecule has 3 aromatic rings. The number of fused-ring (bicyclic) bond motifs is 1. The standard InChI is InChI=1S/C24H27N3O3S/c1-17(18-9-3-2-4-10-18)26-24(28)20-13-5-6-14-21(20)27-31(29,30)22-15-7-11-19-12-8-16-25-23(19)22/h5-8,11-18,27H,2-4,9-10H2,1H3,(H,26,28)/t17-/m0/s1. The first-order valence-electron chi connectivity index (χ1n) is 10.7. The molecule has 1 saturated carbocycles. The quantitative estimate of drug-likeness (QED) is 0.583. The van der Waals surface area contributed by atoms with Crippen molar-refractivity contribution in [3.05, 3.63) is 66.4 Å². The third-order valence-corrected chi connectivity index (χ3v) is 7.41. The van der Waals surface area contributed by atoms with Crippen LogP contribution in [0.15, 0.2) is 65.7 Å². The maximum absolute atomic E-state index is 13.2. The van der Waals surface area contributed by atoms with Gasteiger partial charge in [0.25, 0.3) is 15.9 Å². The third-order valence-electron chi connectivity index (χ3n) is 6.02. The van der Waals surface area contributed by atoms with Crippen LogP contribution in [0.3, 0.4) is 0 Å². The smallest absolute Gasteiger partial charge is 0.264 e. The second-order valence-electron chi connectivity index (χ2n) is 8.14. The van der Waals surface area contributed by atoms with Crippen molar-refractivity contribution in [1.29, 1.82) is 0 Å². The van der Waals surface area contributed by atoms with Gasteiger partial charge in [-0.3, -0.25) is 14.5 Å². The van der Waals surface area contributed by atoms with Gasteiger partial charge in [-0.05, 0) is 49.9 Å². The summed E-state index contributed by atoms with van der Waals surface area (Å²) in [5.74, 6) is 0.190. The van der Waals surface area contributed by atoms with Crippen LogP contribution in [0, 0.1) is 5.92 Å². The van der Waals surface area contributed by atoms with Crippen LogP contribution >= 0.6 is 0 Å². The van der Waals surface area contributed by atoms with E-state index >= 15 is 0 Å². The summed E-state index contributed by atoms with van der Waals surface area (Å²) in [7, 11) is -3.94. The van der Waals surface area contributed by atoms with Gasteiger partial charge in [0, 0.05) is 17.6 Å². The molecule has 0 radical (unpaired) electrons. The van der Waals surface area contributed by atoms with Gasteiger partial charge >= 0.3 is 0 Å². The highest BCUT2D eigenvalue weighted by atomic mass is 32.2. The molecule has 1 heterocycles. The first kappa shape index (κ1) is 21.3. The molecule has 0 saturated heterocycles. The van der Waals surface area contributed by atoms with Crippen molar-refractivity contribution in [2.45, 2.75) is 50.0 Å². The van der Waals surface area contributed by atoms with Crippen molar-refractivity contribution < 1.29 is 13.2 Å². The zero-order chi connectivity index (χ0) is 21.8. The second kappa shape index (κ2) is 9.06. The predicted molar refractivity (Wildman–Crippen MR) is 122 cm³/mol. The van der Waals surface area contributed by atoms with Gasteiger partial charge in [0.15, 0.2) is 0 Å². The number of benzene rings is 2. The Bertz CT molecular complexity index is 1180. The molecule has 162 valence electrons. The summed E-state index contributed by atoms with van der Waals surface area (Å²) in [6.45, 7) is 2.03. The van der Waals surface area contributed by atoms with E-state index in [1.165, 1.54) is 25.3 Å². The molecule has 1 aliphatic rings. The Morgan fingerprint density at radius 3 is 2.55 bits per heavy atom. The summed E-state index contributed by atoms with van der Waals surface area (Å²) in [6.07, 6.45) is 7.44. The highest BCUT2D eigenvalue weighted by Crippen LogP contribution is 2.28. The van der Waals surface area contributed by atoms with Crippen LogP contribution in [-0.2, 0) is 10.0 Å². The van der Waals surface area contributed by atoms with E-state index in [9.17, 15) is 13.2 Å². The van der Waals surface area contributed by atoms with Gasteiger partial charge in [0.1, 0.15) is 4.90 Å². The summed E-state index contributed by atoms with van der Waals surface area (Å²) in [4.78, 5) is 17.3. The summed E-state index contributed by atoms with van der Waals surface area (Å²) in [6, 6.07) is 15.3. The Kier molecular flexibility index (Phi) is 6.23. The van der Waals surface area contributed by atoms with E-state index in [0.29, 0.717) is 17.0 Å². The number of carbonyl (C=O) groups excluding carboxylic acids is 1. The van der Waals surface area contributed by atoms with E-state index in [0.717, 1.165) is 18.2 Å². The minimum Gasteiger partial charge on any atom is -0.349 e. The lowest BCUT2D eigenvalue weighted by atomic mass is 9.84. The number of amides is 1. The molecule has 2 N–H and O–H groups in total. The van der Waals surface area contributed by atoms with Crippen LogP contribution in [0.4, 0.5) is 5.69 Å². The number of pyridine rings is 1. The highest BCUT2D eigenvalue weighted by molar-refractivity contribution is 7.93. The van der Waals surface area contributed by atoms with E-state index in [4.69, 9.17) is 0 Å². The average Bonchev–Trinajstić information content (AvgIpc) is 2.79. The summed E-state index contributed by atoms with van der Waals surface area (Å²) in [5.41, 5.74) is 0.955. The molecule has 1 fully saturated rings. The summed E-state index contributed by atoms with van der Waals surface area (Å²) < 4.78 is 29.0. The molecule has 1 atom stereocenters. The number of rotatable bonds is 6. The maximum atomic E-state index is 13.2. The van der Waals surface area contributed by atoms with Crippen molar-refractivity contribution in [3.63, 3.8) is 0 Å². The van der Waals surface area contributed by atoms with Gasteiger partial charge in [0.05, 0.1) is 16.8 Å². The fraction of sp³-hybridized carbons (Fsp3) is 0.333. The van der Waals surface area contributed by atoms with Crippen LogP contribution in [0.25, 0.3) is 10.9 Å². The van der Waals surface area contributed by atoms with E-state index in [1.54, 1.807) is 42.6 Å². The molecule has 1 aromatic heterocycles. The van der Waals surface area contributed by atoms with Gasteiger partial charge in [-0.1, -0.05) is 49.6 Å². The molecule has 0 aliphatic heterocycles. The molecule has 4 rings (SSSR count). The lowest BCUT2D eigenvalue weighted by Crippen LogP contribution is -2.39. The first-order valence-corrected chi connectivity index (χ1v) is 12.2. The largest absolute Gasteiger partial charge is 0.349 e. The molecule has 2 aromatic carbocycles. The molecule has 7 heteroatoms. The number of sulfonamides is 1. The maximum Gasteiger partial charge on any atom is 0.264 e. The van der Waals surface area contributed by atoms with E-state index in [-0.39, 0.29) is 22.5 Å². The number of anilines is 1. The number of aromatic nitrogens is 1. The zero-order valence-corrected chi connectivity index (χ0v) is 18.4. The SMILES string of the molecule is C[C@H](NC(=O)c1ccccc1NS(=O)(=O)c1cccc2cccnc12)C1CCCCC1. The van der Waals surface area contributed by atoms with Crippen LogP contribution in [-0.4, -0.2) is 25.4 Å². The molecule has 31 heavy (non-hydrogen) atoms. The molecule has 6 nitrogen and oxygen atoms in total. The Hall–Kier alpha value is -2.93. The Morgan fingerprint density at radius 1 is 1.00 bits per heavy atom. The fourth-order valence-corrected chi connectivity index (χ4v) is 5.56. The average molecular weight is 438 g/mol. The van der Waals surface area contributed by atoms with Crippen molar-refractivity contribution in [2.24, 2.45) is 5.92 Å². The number of hydrogen-bond donors (Lipinski definition) is 2. The number of para-hydroxylation sites is 2. The minimum absolute atomic E-state index is 0.0414. The molecular formula is C24H27N3O3S. The Morgan fingerprint density at radius 2 is 1.74 bits per heavy atom. The lowest BCUT2D eigenvalue weighted by Gasteiger charge is -2.28. The van der Waals surface area contributed by atoms with Crippen LogP contribution in [0.5, 0.6) is 0 Å². The number of nitrogens with one attached hydrogen (secondary N) is 2. The van der Waals surface area contributed by atoms with Crippen LogP contribution in [0.1, 0.15) is 49.4 Å². The van der Waals surface area contributed by atoms with Crippen molar-refractivity contribution in [3.8, 4) is 0 Å². The van der Waals surface area contributed by atoms with Gasteiger partial charge < -0.3 is 5.32 Å². The molecule has 0 spiro atoms. The van der Waals surface area contributed by atoms with Crippen LogP contribution in [0.2, 0.25) is 0 Å². The molecule has 0 bridgehead atoms. The van der Waals surface area contributed by atoms with Gasteiger partial charge in [-0.25, -0.2) is 8.42 Å². The Labute approximate surface area is 183 Å². The minimum atomic E-state index is -3.94. The van der Waals surface area contributed by atoms with Crippen molar-refractivity contribution in [2.75, 3.05) is 4.72 Å². The zero-order valence-electron chi connectivity index (χ0n) is 17.5. The number of carbonyl (C=O) groups is 1. The summed E-state index contributed by atoms with van der Waals surface area (Å²) >= 11 is 0. The predicted octanol–water partition coefficient (Wildman–Crippen LogP) is 4.73. The molecule has 0 unspecified atom stereocenters. The van der Waals surface area contributed by atoms with Crippen molar-refractivity contribution >= 4 is 32.5 Å². The van der Waals surface area contributed by atoms with E-state index in [1.807, 2.05) is 19.1 Å². The second-order valence-corrected chi connectivity index (χ2v) is 9.79.